The van der Waals surface area contributed by atoms with Crippen LogP contribution in [0.2, 0.25) is 0 Å². The Kier molecular flexibility index (Phi) is 3.60. The van der Waals surface area contributed by atoms with Crippen LogP contribution < -0.4 is 16.0 Å². The van der Waals surface area contributed by atoms with Gasteiger partial charge >= 0.3 is 0 Å². The zero-order valence-corrected chi connectivity index (χ0v) is 11.4. The number of rotatable bonds is 3. The van der Waals surface area contributed by atoms with Crippen molar-refractivity contribution in [3.05, 3.63) is 21.6 Å². The number of benzene rings is 1. The van der Waals surface area contributed by atoms with Gasteiger partial charge in [-0.25, -0.2) is 10.8 Å². The maximum absolute atomic E-state index is 11.2. The normalized spacial score (nSPS) is 10.5. The molecule has 0 fully saturated rings. The number of methoxy groups -OCH3 is 1. The van der Waals surface area contributed by atoms with Crippen LogP contribution >= 0.6 is 27.3 Å². The van der Waals surface area contributed by atoms with E-state index in [9.17, 15) is 4.79 Å². The number of thiazole rings is 1. The lowest BCUT2D eigenvalue weighted by atomic mass is 10.3. The molecule has 1 aromatic carbocycles. The van der Waals surface area contributed by atoms with Gasteiger partial charge in [-0.3, -0.25) is 10.2 Å². The van der Waals surface area contributed by atoms with E-state index in [2.05, 4.69) is 26.3 Å². The van der Waals surface area contributed by atoms with E-state index >= 15 is 0 Å². The van der Waals surface area contributed by atoms with Crippen LogP contribution in [0.15, 0.2) is 16.6 Å². The van der Waals surface area contributed by atoms with Crippen molar-refractivity contribution in [1.82, 2.24) is 10.4 Å². The SMILES string of the molecule is COc1cc(Br)cc2sc(CC(=O)NN)nc12. The van der Waals surface area contributed by atoms with Gasteiger partial charge in [0.05, 0.1) is 18.2 Å². The first kappa shape index (κ1) is 12.3. The summed E-state index contributed by atoms with van der Waals surface area (Å²) in [5.41, 5.74) is 2.85. The second kappa shape index (κ2) is 4.99. The van der Waals surface area contributed by atoms with Crippen LogP contribution in [0.1, 0.15) is 5.01 Å². The number of fused-ring (bicyclic) bond motifs is 1. The lowest BCUT2D eigenvalue weighted by Gasteiger charge is -2.00. The number of halogens is 1. The Morgan fingerprint density at radius 3 is 3.06 bits per heavy atom. The number of hydrazine groups is 1. The topological polar surface area (TPSA) is 77.2 Å². The number of nitrogens with two attached hydrogens (primary N) is 1. The Morgan fingerprint density at radius 1 is 1.65 bits per heavy atom. The van der Waals surface area contributed by atoms with E-state index in [0.29, 0.717) is 10.8 Å². The predicted molar refractivity (Wildman–Crippen MR) is 69.9 cm³/mol. The summed E-state index contributed by atoms with van der Waals surface area (Å²) in [7, 11) is 1.59. The smallest absolute Gasteiger partial charge is 0.240 e. The molecule has 1 heterocycles. The molecule has 5 nitrogen and oxygen atoms in total. The van der Waals surface area contributed by atoms with Crippen LogP contribution in [0.3, 0.4) is 0 Å². The van der Waals surface area contributed by atoms with Crippen LogP contribution in [0.5, 0.6) is 5.75 Å². The van der Waals surface area contributed by atoms with Gasteiger partial charge in [-0.2, -0.15) is 0 Å². The molecule has 0 saturated heterocycles. The minimum atomic E-state index is -0.262. The van der Waals surface area contributed by atoms with E-state index < -0.39 is 0 Å². The standard InChI is InChI=1S/C10H10BrN3O2S/c1-16-6-2-5(11)3-7-10(6)13-9(17-7)4-8(15)14-12/h2-3H,4,12H2,1H3,(H,14,15). The van der Waals surface area contributed by atoms with E-state index in [1.807, 2.05) is 12.1 Å². The van der Waals surface area contributed by atoms with Crippen molar-refractivity contribution in [2.24, 2.45) is 5.84 Å². The van der Waals surface area contributed by atoms with Gasteiger partial charge in [0, 0.05) is 4.47 Å². The number of ether oxygens (including phenoxy) is 1. The maximum atomic E-state index is 11.2. The fourth-order valence-corrected chi connectivity index (χ4v) is 3.04. The molecule has 17 heavy (non-hydrogen) atoms. The molecule has 7 heteroatoms. The molecule has 1 aromatic heterocycles. The van der Waals surface area contributed by atoms with Gasteiger partial charge in [-0.05, 0) is 12.1 Å². The van der Waals surface area contributed by atoms with Gasteiger partial charge < -0.3 is 4.74 Å². The molecule has 0 aliphatic carbocycles. The fourth-order valence-electron chi connectivity index (χ4n) is 1.43. The van der Waals surface area contributed by atoms with Gasteiger partial charge in [0.1, 0.15) is 16.3 Å². The highest BCUT2D eigenvalue weighted by molar-refractivity contribution is 9.10. The van der Waals surface area contributed by atoms with Crippen LogP contribution in [0.4, 0.5) is 0 Å². The summed E-state index contributed by atoms with van der Waals surface area (Å²) in [5.74, 6) is 5.46. The maximum Gasteiger partial charge on any atom is 0.240 e. The van der Waals surface area contributed by atoms with Crippen LogP contribution in [-0.4, -0.2) is 18.0 Å². The molecule has 3 N–H and O–H groups in total. The van der Waals surface area contributed by atoms with Crippen molar-refractivity contribution < 1.29 is 9.53 Å². The molecule has 2 rings (SSSR count). The molecule has 0 aliphatic rings. The first-order valence-electron chi connectivity index (χ1n) is 4.76. The van der Waals surface area contributed by atoms with E-state index in [0.717, 1.165) is 14.7 Å². The summed E-state index contributed by atoms with van der Waals surface area (Å²) in [6.45, 7) is 0. The largest absolute Gasteiger partial charge is 0.494 e. The highest BCUT2D eigenvalue weighted by Gasteiger charge is 2.12. The molecule has 0 spiro atoms. The molecule has 2 aromatic rings. The number of hydrogen-bond donors (Lipinski definition) is 2. The quantitative estimate of drug-likeness (QED) is 0.512. The monoisotopic (exact) mass is 315 g/mol. The zero-order valence-electron chi connectivity index (χ0n) is 8.99. The average molecular weight is 316 g/mol. The van der Waals surface area contributed by atoms with Crippen molar-refractivity contribution in [3.63, 3.8) is 0 Å². The summed E-state index contributed by atoms with van der Waals surface area (Å²) in [6.07, 6.45) is 0.177. The molecule has 0 bridgehead atoms. The molecule has 0 unspecified atom stereocenters. The Balaban J connectivity index is 2.45. The van der Waals surface area contributed by atoms with Crippen molar-refractivity contribution >= 4 is 43.4 Å². The number of aromatic nitrogens is 1. The lowest BCUT2D eigenvalue weighted by Crippen LogP contribution is -2.31. The second-order valence-corrected chi connectivity index (χ2v) is 5.34. The highest BCUT2D eigenvalue weighted by atomic mass is 79.9. The Bertz CT molecular complexity index is 570. The van der Waals surface area contributed by atoms with Crippen LogP contribution in [-0.2, 0) is 11.2 Å². The van der Waals surface area contributed by atoms with E-state index in [-0.39, 0.29) is 12.3 Å². The van der Waals surface area contributed by atoms with Crippen molar-refractivity contribution in [2.75, 3.05) is 7.11 Å². The summed E-state index contributed by atoms with van der Waals surface area (Å²) in [4.78, 5) is 15.5. The number of hydrogen-bond acceptors (Lipinski definition) is 5. The number of carbonyl (C=O) groups excluding carboxylic acids is 1. The minimum Gasteiger partial charge on any atom is -0.494 e. The Hall–Kier alpha value is -1.18. The van der Waals surface area contributed by atoms with Crippen molar-refractivity contribution in [2.45, 2.75) is 6.42 Å². The molecule has 0 radical (unpaired) electrons. The van der Waals surface area contributed by atoms with Gasteiger partial charge in [-0.15, -0.1) is 11.3 Å². The average Bonchev–Trinajstić information content (AvgIpc) is 2.69. The number of nitrogens with zero attached hydrogens (tertiary/aromatic N) is 1. The van der Waals surface area contributed by atoms with Gasteiger partial charge in [0.25, 0.3) is 0 Å². The highest BCUT2D eigenvalue weighted by Crippen LogP contribution is 2.33. The molecule has 0 saturated carbocycles. The van der Waals surface area contributed by atoms with Gasteiger partial charge in [0.2, 0.25) is 5.91 Å². The summed E-state index contributed by atoms with van der Waals surface area (Å²) in [6, 6.07) is 3.79. The van der Waals surface area contributed by atoms with Crippen molar-refractivity contribution in [1.29, 1.82) is 0 Å². The fraction of sp³-hybridized carbons (Fsp3) is 0.200. The Labute approximate surface area is 110 Å². The third-order valence-corrected chi connectivity index (χ3v) is 3.62. The van der Waals surface area contributed by atoms with Crippen LogP contribution in [0, 0.1) is 0 Å². The van der Waals surface area contributed by atoms with E-state index in [1.165, 1.54) is 11.3 Å². The molecule has 0 atom stereocenters. The Morgan fingerprint density at radius 2 is 2.41 bits per heavy atom. The summed E-state index contributed by atoms with van der Waals surface area (Å²) in [5, 5.41) is 0.708. The van der Waals surface area contributed by atoms with Crippen molar-refractivity contribution in [3.8, 4) is 5.75 Å². The van der Waals surface area contributed by atoms with E-state index in [1.54, 1.807) is 7.11 Å². The third-order valence-electron chi connectivity index (χ3n) is 2.16. The summed E-state index contributed by atoms with van der Waals surface area (Å²) < 4.78 is 7.13. The minimum absolute atomic E-state index is 0.177. The zero-order chi connectivity index (χ0) is 12.4. The predicted octanol–water partition coefficient (Wildman–Crippen LogP) is 1.60. The number of nitrogens with one attached hydrogen (secondary N) is 1. The number of amides is 1. The van der Waals surface area contributed by atoms with Gasteiger partial charge in [0.15, 0.2) is 0 Å². The first-order chi connectivity index (χ1) is 8.13. The molecule has 1 amide bonds. The lowest BCUT2D eigenvalue weighted by molar-refractivity contribution is -0.120. The third kappa shape index (κ3) is 2.56. The first-order valence-corrected chi connectivity index (χ1v) is 6.37. The molecule has 0 aliphatic heterocycles. The second-order valence-electron chi connectivity index (χ2n) is 3.31. The van der Waals surface area contributed by atoms with E-state index in [4.69, 9.17) is 10.6 Å². The molecular formula is C10H10BrN3O2S. The molecule has 90 valence electrons. The summed E-state index contributed by atoms with van der Waals surface area (Å²) >= 11 is 4.84. The number of carbonyl (C=O) groups is 1. The molecular weight excluding hydrogens is 306 g/mol. The van der Waals surface area contributed by atoms with Gasteiger partial charge in [-0.1, -0.05) is 15.9 Å². The van der Waals surface area contributed by atoms with Crippen LogP contribution in [0.25, 0.3) is 10.2 Å².